The van der Waals surface area contributed by atoms with E-state index in [0.29, 0.717) is 16.5 Å². The molecule has 6 nitrogen and oxygen atoms in total. The number of methoxy groups -OCH3 is 1. The van der Waals surface area contributed by atoms with Gasteiger partial charge in [-0.05, 0) is 41.8 Å². The van der Waals surface area contributed by atoms with Crippen LogP contribution in [0.4, 0.5) is 0 Å². The average molecular weight is 393 g/mol. The Morgan fingerprint density at radius 1 is 1.19 bits per heavy atom. The van der Waals surface area contributed by atoms with Crippen LogP contribution in [0.3, 0.4) is 0 Å². The summed E-state index contributed by atoms with van der Waals surface area (Å²) in [6.07, 6.45) is 2.13. The summed E-state index contributed by atoms with van der Waals surface area (Å²) in [6.45, 7) is 0. The third-order valence-electron chi connectivity index (χ3n) is 4.07. The number of hydrazine groups is 1. The molecule has 3 N–H and O–H groups in total. The first kappa shape index (κ1) is 18.7. The van der Waals surface area contributed by atoms with Gasteiger partial charge in [0.15, 0.2) is 0 Å². The number of carbonyl (C=O) groups excluding carboxylic acids is 1. The molecule has 0 radical (unpaired) electrons. The molecule has 0 aliphatic carbocycles. The standard InChI is InChI=1S/C18H18Cl2N4O2/c1-26-13-5-3-12(4-6-13)16-9-17(23-22-16)18(25)24-21-10-11-2-7-14(19)15(20)8-11/h2-8,10,16-17,22-23H,9H2,1H3,(H,24,25)/b21-10+. The largest absolute Gasteiger partial charge is 0.497 e. The smallest absolute Gasteiger partial charge is 0.258 e. The van der Waals surface area contributed by atoms with Crippen molar-refractivity contribution in [2.24, 2.45) is 5.10 Å². The van der Waals surface area contributed by atoms with Gasteiger partial charge in [-0.2, -0.15) is 5.10 Å². The fourth-order valence-electron chi connectivity index (χ4n) is 2.62. The minimum atomic E-state index is -0.381. The summed E-state index contributed by atoms with van der Waals surface area (Å²) in [5, 5.41) is 4.87. The van der Waals surface area contributed by atoms with Gasteiger partial charge in [0.05, 0.1) is 23.4 Å². The maximum atomic E-state index is 12.2. The molecule has 2 atom stereocenters. The Balaban J connectivity index is 1.53. The predicted octanol–water partition coefficient (Wildman–Crippen LogP) is 3.06. The molecule has 1 amide bonds. The lowest BCUT2D eigenvalue weighted by Gasteiger charge is -2.10. The molecule has 3 rings (SSSR count). The monoisotopic (exact) mass is 392 g/mol. The number of halogens is 2. The number of amides is 1. The molecule has 1 saturated heterocycles. The Bertz CT molecular complexity index is 811. The van der Waals surface area contributed by atoms with Crippen molar-refractivity contribution in [1.29, 1.82) is 0 Å². The highest BCUT2D eigenvalue weighted by atomic mass is 35.5. The van der Waals surface area contributed by atoms with Crippen molar-refractivity contribution >= 4 is 35.3 Å². The van der Waals surface area contributed by atoms with Gasteiger partial charge in [0.25, 0.3) is 5.91 Å². The molecule has 1 fully saturated rings. The second-order valence-electron chi connectivity index (χ2n) is 5.81. The molecule has 1 aliphatic rings. The molecule has 2 aromatic rings. The SMILES string of the molecule is COc1ccc(C2CC(C(=O)N/N=C/c3ccc(Cl)c(Cl)c3)NN2)cc1. The van der Waals surface area contributed by atoms with E-state index in [-0.39, 0.29) is 18.0 Å². The summed E-state index contributed by atoms with van der Waals surface area (Å²) in [6, 6.07) is 12.5. The van der Waals surface area contributed by atoms with E-state index in [1.165, 1.54) is 6.21 Å². The fourth-order valence-corrected chi connectivity index (χ4v) is 2.93. The van der Waals surface area contributed by atoms with Crippen LogP contribution in [0.1, 0.15) is 23.6 Å². The highest BCUT2D eigenvalue weighted by Crippen LogP contribution is 2.24. The van der Waals surface area contributed by atoms with Crippen LogP contribution >= 0.6 is 23.2 Å². The van der Waals surface area contributed by atoms with E-state index in [1.54, 1.807) is 25.3 Å². The van der Waals surface area contributed by atoms with Crippen molar-refractivity contribution in [3.05, 3.63) is 63.6 Å². The quantitative estimate of drug-likeness (QED) is 0.539. The first-order valence-corrected chi connectivity index (χ1v) is 8.75. The van der Waals surface area contributed by atoms with Gasteiger partial charge in [0.2, 0.25) is 0 Å². The number of hydrogen-bond donors (Lipinski definition) is 3. The lowest BCUT2D eigenvalue weighted by atomic mass is 10.0. The maximum Gasteiger partial charge on any atom is 0.258 e. The highest BCUT2D eigenvalue weighted by molar-refractivity contribution is 6.42. The van der Waals surface area contributed by atoms with Gasteiger partial charge in [-0.25, -0.2) is 16.3 Å². The van der Waals surface area contributed by atoms with E-state index >= 15 is 0 Å². The minimum absolute atomic E-state index is 0.0377. The summed E-state index contributed by atoms with van der Waals surface area (Å²) < 4.78 is 5.15. The highest BCUT2D eigenvalue weighted by Gasteiger charge is 2.29. The Kier molecular flexibility index (Phi) is 6.11. The van der Waals surface area contributed by atoms with Crippen molar-refractivity contribution < 1.29 is 9.53 Å². The lowest BCUT2D eigenvalue weighted by molar-refractivity contribution is -0.122. The Labute approximate surface area is 161 Å². The number of nitrogens with zero attached hydrogens (tertiary/aromatic N) is 1. The maximum absolute atomic E-state index is 12.2. The summed E-state index contributed by atoms with van der Waals surface area (Å²) >= 11 is 11.8. The van der Waals surface area contributed by atoms with Crippen LogP contribution in [0.5, 0.6) is 5.75 Å². The number of rotatable bonds is 5. The van der Waals surface area contributed by atoms with Gasteiger partial charge in [-0.3, -0.25) is 4.79 Å². The van der Waals surface area contributed by atoms with Crippen molar-refractivity contribution in [3.63, 3.8) is 0 Å². The topological polar surface area (TPSA) is 74.8 Å². The molecule has 1 aliphatic heterocycles. The van der Waals surface area contributed by atoms with Crippen LogP contribution in [0.15, 0.2) is 47.6 Å². The summed E-state index contributed by atoms with van der Waals surface area (Å²) in [5.41, 5.74) is 10.5. The summed E-state index contributed by atoms with van der Waals surface area (Å²) in [7, 11) is 1.63. The average Bonchev–Trinajstić information content (AvgIpc) is 3.15. The Morgan fingerprint density at radius 2 is 1.96 bits per heavy atom. The van der Waals surface area contributed by atoms with Crippen molar-refractivity contribution in [3.8, 4) is 5.75 Å². The van der Waals surface area contributed by atoms with Crippen LogP contribution in [0.2, 0.25) is 10.0 Å². The predicted molar refractivity (Wildman–Crippen MR) is 103 cm³/mol. The van der Waals surface area contributed by atoms with Crippen molar-refractivity contribution in [1.82, 2.24) is 16.3 Å². The minimum Gasteiger partial charge on any atom is -0.497 e. The van der Waals surface area contributed by atoms with Crippen LogP contribution in [0, 0.1) is 0 Å². The van der Waals surface area contributed by atoms with Crippen LogP contribution < -0.4 is 21.0 Å². The molecular formula is C18H18Cl2N4O2. The van der Waals surface area contributed by atoms with E-state index in [2.05, 4.69) is 21.4 Å². The number of nitrogens with one attached hydrogen (secondary N) is 3. The molecule has 1 heterocycles. The second-order valence-corrected chi connectivity index (χ2v) is 6.62. The molecule has 0 spiro atoms. The number of ether oxygens (including phenoxy) is 1. The summed E-state index contributed by atoms with van der Waals surface area (Å²) in [4.78, 5) is 12.2. The zero-order valence-corrected chi connectivity index (χ0v) is 15.5. The summed E-state index contributed by atoms with van der Waals surface area (Å²) in [5.74, 6) is 0.579. The second kappa shape index (κ2) is 8.51. The first-order valence-electron chi connectivity index (χ1n) is 8.00. The molecule has 2 unspecified atom stereocenters. The molecule has 2 aromatic carbocycles. The fraction of sp³-hybridized carbons (Fsp3) is 0.222. The van der Waals surface area contributed by atoms with Gasteiger partial charge in [-0.15, -0.1) is 0 Å². The number of carbonyl (C=O) groups is 1. The lowest BCUT2D eigenvalue weighted by Crippen LogP contribution is -2.41. The Morgan fingerprint density at radius 3 is 2.65 bits per heavy atom. The van der Waals surface area contributed by atoms with Crippen molar-refractivity contribution in [2.45, 2.75) is 18.5 Å². The van der Waals surface area contributed by atoms with E-state index in [1.807, 2.05) is 24.3 Å². The number of benzene rings is 2. The number of hydrogen-bond acceptors (Lipinski definition) is 5. The number of hydrazone groups is 1. The Hall–Kier alpha value is -2.12. The van der Waals surface area contributed by atoms with E-state index in [0.717, 1.165) is 16.9 Å². The molecule has 0 aromatic heterocycles. The third kappa shape index (κ3) is 4.53. The first-order chi connectivity index (χ1) is 12.6. The van der Waals surface area contributed by atoms with Gasteiger partial charge in [0.1, 0.15) is 11.8 Å². The van der Waals surface area contributed by atoms with Gasteiger partial charge in [-0.1, -0.05) is 41.4 Å². The molecule has 0 saturated carbocycles. The zero-order chi connectivity index (χ0) is 18.5. The van der Waals surface area contributed by atoms with Gasteiger partial charge in [0, 0.05) is 6.04 Å². The normalized spacial score (nSPS) is 19.7. The molecule has 136 valence electrons. The van der Waals surface area contributed by atoms with E-state index in [4.69, 9.17) is 27.9 Å². The van der Waals surface area contributed by atoms with Crippen LogP contribution in [-0.4, -0.2) is 25.3 Å². The molecule has 0 bridgehead atoms. The third-order valence-corrected chi connectivity index (χ3v) is 4.81. The molecular weight excluding hydrogens is 375 g/mol. The zero-order valence-electron chi connectivity index (χ0n) is 14.0. The van der Waals surface area contributed by atoms with Gasteiger partial charge < -0.3 is 4.74 Å². The molecule has 26 heavy (non-hydrogen) atoms. The van der Waals surface area contributed by atoms with Crippen molar-refractivity contribution in [2.75, 3.05) is 7.11 Å². The molecule has 8 heteroatoms. The van der Waals surface area contributed by atoms with E-state index in [9.17, 15) is 4.79 Å². The van der Waals surface area contributed by atoms with Crippen LogP contribution in [-0.2, 0) is 4.79 Å². The van der Waals surface area contributed by atoms with E-state index < -0.39 is 0 Å². The van der Waals surface area contributed by atoms with Crippen LogP contribution in [0.25, 0.3) is 0 Å². The van der Waals surface area contributed by atoms with Gasteiger partial charge >= 0.3 is 0 Å².